The SMILES string of the molecule is CC(C)CNC(=O)N1CCN(c2ccc(Cl)c(C(F)(F)F)c2)CC1. The van der Waals surface area contributed by atoms with Gasteiger partial charge in [-0.2, -0.15) is 13.2 Å². The predicted molar refractivity (Wildman–Crippen MR) is 88.5 cm³/mol. The zero-order valence-corrected chi connectivity index (χ0v) is 14.4. The average molecular weight is 364 g/mol. The van der Waals surface area contributed by atoms with Crippen LogP contribution in [0.5, 0.6) is 0 Å². The minimum atomic E-state index is -4.48. The molecule has 0 aromatic heterocycles. The number of nitrogens with one attached hydrogen (secondary N) is 1. The summed E-state index contributed by atoms with van der Waals surface area (Å²) in [6.07, 6.45) is -4.48. The summed E-state index contributed by atoms with van der Waals surface area (Å²) < 4.78 is 38.8. The summed E-state index contributed by atoms with van der Waals surface area (Å²) >= 11 is 5.65. The molecule has 1 aromatic rings. The number of carbonyl (C=O) groups is 1. The van der Waals surface area contributed by atoms with Gasteiger partial charge in [0.25, 0.3) is 0 Å². The molecule has 8 heteroatoms. The molecule has 0 spiro atoms. The number of hydrogen-bond donors (Lipinski definition) is 1. The Balaban J connectivity index is 1.99. The van der Waals surface area contributed by atoms with E-state index < -0.39 is 11.7 Å². The zero-order valence-electron chi connectivity index (χ0n) is 13.7. The topological polar surface area (TPSA) is 35.6 Å². The molecule has 1 aliphatic heterocycles. The van der Waals surface area contributed by atoms with Crippen molar-refractivity contribution in [2.75, 3.05) is 37.6 Å². The highest BCUT2D eigenvalue weighted by Gasteiger charge is 2.34. The first kappa shape index (κ1) is 18.7. The molecule has 0 bridgehead atoms. The molecule has 1 fully saturated rings. The number of anilines is 1. The third kappa shape index (κ3) is 4.69. The van der Waals surface area contributed by atoms with Crippen molar-refractivity contribution in [3.8, 4) is 0 Å². The highest BCUT2D eigenvalue weighted by Crippen LogP contribution is 2.37. The second-order valence-corrected chi connectivity index (χ2v) is 6.62. The average Bonchev–Trinajstić information content (AvgIpc) is 2.52. The molecule has 4 nitrogen and oxygen atoms in total. The van der Waals surface area contributed by atoms with Gasteiger partial charge in [0.15, 0.2) is 0 Å². The van der Waals surface area contributed by atoms with Crippen molar-refractivity contribution in [1.29, 1.82) is 0 Å². The minimum absolute atomic E-state index is 0.129. The third-order valence-electron chi connectivity index (χ3n) is 3.85. The lowest BCUT2D eigenvalue weighted by Crippen LogP contribution is -2.52. The van der Waals surface area contributed by atoms with E-state index in [2.05, 4.69) is 5.32 Å². The van der Waals surface area contributed by atoms with Gasteiger partial charge in [-0.3, -0.25) is 0 Å². The molecule has 1 aromatic carbocycles. The number of carbonyl (C=O) groups excluding carboxylic acids is 1. The molecule has 0 unspecified atom stereocenters. The molecular weight excluding hydrogens is 343 g/mol. The lowest BCUT2D eigenvalue weighted by Gasteiger charge is -2.36. The number of benzene rings is 1. The molecule has 2 amide bonds. The van der Waals surface area contributed by atoms with Crippen molar-refractivity contribution in [2.45, 2.75) is 20.0 Å². The molecule has 1 N–H and O–H groups in total. The molecule has 24 heavy (non-hydrogen) atoms. The second kappa shape index (κ2) is 7.51. The Kier molecular flexibility index (Phi) is 5.85. The minimum Gasteiger partial charge on any atom is -0.368 e. The number of rotatable bonds is 3. The standard InChI is InChI=1S/C16H21ClF3N3O/c1-11(2)10-21-15(24)23-7-5-22(6-8-23)12-3-4-14(17)13(9-12)16(18,19)20/h3-4,9,11H,5-8,10H2,1-2H3,(H,21,24). The molecule has 1 saturated heterocycles. The van der Waals surface area contributed by atoms with Gasteiger partial charge >= 0.3 is 12.2 Å². The first-order valence-electron chi connectivity index (χ1n) is 7.83. The maximum Gasteiger partial charge on any atom is 0.417 e. The van der Waals surface area contributed by atoms with Gasteiger partial charge in [0, 0.05) is 38.4 Å². The van der Waals surface area contributed by atoms with Gasteiger partial charge in [0.2, 0.25) is 0 Å². The first-order valence-corrected chi connectivity index (χ1v) is 8.20. The van der Waals surface area contributed by atoms with Gasteiger partial charge in [0.05, 0.1) is 10.6 Å². The monoisotopic (exact) mass is 363 g/mol. The van der Waals surface area contributed by atoms with Crippen LogP contribution in [-0.2, 0) is 6.18 Å². The quantitative estimate of drug-likeness (QED) is 0.885. The van der Waals surface area contributed by atoms with Gasteiger partial charge in [0.1, 0.15) is 0 Å². The van der Waals surface area contributed by atoms with E-state index in [0.29, 0.717) is 44.3 Å². The van der Waals surface area contributed by atoms with Crippen molar-refractivity contribution in [3.63, 3.8) is 0 Å². The van der Waals surface area contributed by atoms with E-state index >= 15 is 0 Å². The van der Waals surface area contributed by atoms with E-state index in [4.69, 9.17) is 11.6 Å². The Morgan fingerprint density at radius 1 is 1.25 bits per heavy atom. The highest BCUT2D eigenvalue weighted by atomic mass is 35.5. The Morgan fingerprint density at radius 2 is 1.88 bits per heavy atom. The zero-order chi connectivity index (χ0) is 17.9. The molecule has 1 heterocycles. The fraction of sp³-hybridized carbons (Fsp3) is 0.562. The van der Waals surface area contributed by atoms with Crippen LogP contribution in [0.15, 0.2) is 18.2 Å². The summed E-state index contributed by atoms with van der Waals surface area (Å²) in [6.45, 7) is 6.52. The Bertz CT molecular complexity index is 584. The highest BCUT2D eigenvalue weighted by molar-refractivity contribution is 6.31. The molecule has 134 valence electrons. The summed E-state index contributed by atoms with van der Waals surface area (Å²) in [6, 6.07) is 3.78. The molecule has 0 atom stereocenters. The summed E-state index contributed by atoms with van der Waals surface area (Å²) in [5, 5.41) is 2.54. The van der Waals surface area contributed by atoms with Crippen molar-refractivity contribution >= 4 is 23.3 Å². The van der Waals surface area contributed by atoms with Gasteiger partial charge < -0.3 is 15.1 Å². The van der Waals surface area contributed by atoms with E-state index in [1.165, 1.54) is 6.07 Å². The van der Waals surface area contributed by atoms with Crippen LogP contribution in [0.25, 0.3) is 0 Å². The summed E-state index contributed by atoms with van der Waals surface area (Å²) in [4.78, 5) is 15.5. The van der Waals surface area contributed by atoms with Crippen LogP contribution in [0.4, 0.5) is 23.7 Å². The van der Waals surface area contributed by atoms with Crippen LogP contribution < -0.4 is 10.2 Å². The summed E-state index contributed by atoms with van der Waals surface area (Å²) in [5.74, 6) is 0.366. The molecule has 0 radical (unpaired) electrons. The van der Waals surface area contributed by atoms with Crippen LogP contribution >= 0.6 is 11.6 Å². The third-order valence-corrected chi connectivity index (χ3v) is 4.18. The van der Waals surface area contributed by atoms with Crippen LogP contribution in [0.3, 0.4) is 0 Å². The van der Waals surface area contributed by atoms with Crippen LogP contribution in [0.2, 0.25) is 5.02 Å². The first-order chi connectivity index (χ1) is 11.2. The van der Waals surface area contributed by atoms with Crippen molar-refractivity contribution in [1.82, 2.24) is 10.2 Å². The molecule has 0 aliphatic carbocycles. The number of alkyl halides is 3. The van der Waals surface area contributed by atoms with Crippen LogP contribution in [-0.4, -0.2) is 43.7 Å². The van der Waals surface area contributed by atoms with E-state index in [0.717, 1.165) is 6.07 Å². The van der Waals surface area contributed by atoms with Gasteiger partial charge in [-0.05, 0) is 24.1 Å². The Hall–Kier alpha value is -1.63. The molecule has 1 aliphatic rings. The van der Waals surface area contributed by atoms with Crippen molar-refractivity contribution in [2.24, 2.45) is 5.92 Å². The van der Waals surface area contributed by atoms with Crippen LogP contribution in [0, 0.1) is 5.92 Å². The van der Waals surface area contributed by atoms with Crippen molar-refractivity contribution in [3.05, 3.63) is 28.8 Å². The van der Waals surface area contributed by atoms with Gasteiger partial charge in [-0.15, -0.1) is 0 Å². The number of amides is 2. The van der Waals surface area contributed by atoms with E-state index in [1.807, 2.05) is 18.7 Å². The maximum atomic E-state index is 12.9. The number of urea groups is 1. The largest absolute Gasteiger partial charge is 0.417 e. The van der Waals surface area contributed by atoms with Crippen LogP contribution in [0.1, 0.15) is 19.4 Å². The predicted octanol–water partition coefficient (Wildman–Crippen LogP) is 3.85. The van der Waals surface area contributed by atoms with Gasteiger partial charge in [-0.25, -0.2) is 4.79 Å². The number of piperazine rings is 1. The maximum absolute atomic E-state index is 12.9. The molecule has 0 saturated carbocycles. The molecular formula is C16H21ClF3N3O. The summed E-state index contributed by atoms with van der Waals surface area (Å²) in [5.41, 5.74) is -0.368. The Morgan fingerprint density at radius 3 is 2.42 bits per heavy atom. The van der Waals surface area contributed by atoms with E-state index in [-0.39, 0.29) is 11.1 Å². The number of hydrogen-bond acceptors (Lipinski definition) is 2. The lowest BCUT2D eigenvalue weighted by atomic mass is 10.1. The normalized spacial score (nSPS) is 15.8. The van der Waals surface area contributed by atoms with E-state index in [9.17, 15) is 18.0 Å². The van der Waals surface area contributed by atoms with Crippen molar-refractivity contribution < 1.29 is 18.0 Å². The smallest absolute Gasteiger partial charge is 0.368 e. The van der Waals surface area contributed by atoms with Gasteiger partial charge in [-0.1, -0.05) is 25.4 Å². The summed E-state index contributed by atoms with van der Waals surface area (Å²) in [7, 11) is 0. The lowest BCUT2D eigenvalue weighted by molar-refractivity contribution is -0.137. The van der Waals surface area contributed by atoms with E-state index in [1.54, 1.807) is 11.0 Å². The number of nitrogens with zero attached hydrogens (tertiary/aromatic N) is 2. The number of halogens is 4. The fourth-order valence-electron chi connectivity index (χ4n) is 2.50. The second-order valence-electron chi connectivity index (χ2n) is 6.22. The Labute approximate surface area is 144 Å². The molecule has 2 rings (SSSR count). The fourth-order valence-corrected chi connectivity index (χ4v) is 2.72.